The molecular formula is C10H16O3. The highest BCUT2D eigenvalue weighted by Gasteiger charge is 2.30. The first kappa shape index (κ1) is 10.4. The maximum Gasteiger partial charge on any atom is 0.158 e. The van der Waals surface area contributed by atoms with Gasteiger partial charge >= 0.3 is 0 Å². The van der Waals surface area contributed by atoms with E-state index in [1.807, 2.05) is 6.92 Å². The molecule has 1 aliphatic rings. The highest BCUT2D eigenvalue weighted by molar-refractivity contribution is 5.80. The summed E-state index contributed by atoms with van der Waals surface area (Å²) >= 11 is 0. The number of ether oxygens (including phenoxy) is 1. The van der Waals surface area contributed by atoms with Crippen LogP contribution in [0.3, 0.4) is 0 Å². The SMILES string of the molecule is C=C(C)[C@H]1CC(O)O[C@H](C(C)=O)C1. The molecule has 0 aromatic carbocycles. The summed E-state index contributed by atoms with van der Waals surface area (Å²) < 4.78 is 5.09. The van der Waals surface area contributed by atoms with Crippen molar-refractivity contribution in [2.45, 2.75) is 39.1 Å². The lowest BCUT2D eigenvalue weighted by atomic mass is 9.88. The van der Waals surface area contributed by atoms with Crippen molar-refractivity contribution in [2.24, 2.45) is 5.92 Å². The summed E-state index contributed by atoms with van der Waals surface area (Å²) in [6.45, 7) is 7.23. The first-order valence-corrected chi connectivity index (χ1v) is 4.50. The number of hydrogen-bond acceptors (Lipinski definition) is 3. The van der Waals surface area contributed by atoms with Crippen LogP contribution in [-0.4, -0.2) is 23.3 Å². The summed E-state index contributed by atoms with van der Waals surface area (Å²) in [7, 11) is 0. The average molecular weight is 184 g/mol. The Morgan fingerprint density at radius 3 is 2.54 bits per heavy atom. The van der Waals surface area contributed by atoms with Gasteiger partial charge in [-0.25, -0.2) is 0 Å². The minimum Gasteiger partial charge on any atom is -0.368 e. The molecule has 3 nitrogen and oxygen atoms in total. The van der Waals surface area contributed by atoms with Crippen LogP contribution in [0, 0.1) is 5.92 Å². The Balaban J connectivity index is 2.62. The fourth-order valence-electron chi connectivity index (χ4n) is 1.56. The van der Waals surface area contributed by atoms with Gasteiger partial charge in [0.2, 0.25) is 0 Å². The first-order chi connectivity index (χ1) is 6.00. The van der Waals surface area contributed by atoms with Crippen LogP contribution < -0.4 is 0 Å². The molecule has 1 rings (SSSR count). The van der Waals surface area contributed by atoms with E-state index in [1.165, 1.54) is 6.92 Å². The molecule has 1 aliphatic heterocycles. The molecule has 0 radical (unpaired) electrons. The number of aliphatic hydroxyl groups is 1. The topological polar surface area (TPSA) is 46.5 Å². The van der Waals surface area contributed by atoms with E-state index in [0.717, 1.165) is 5.57 Å². The van der Waals surface area contributed by atoms with Crippen molar-refractivity contribution in [3.8, 4) is 0 Å². The number of aliphatic hydroxyl groups excluding tert-OH is 1. The molecule has 1 fully saturated rings. The Morgan fingerprint density at radius 1 is 1.46 bits per heavy atom. The molecule has 1 unspecified atom stereocenters. The van der Waals surface area contributed by atoms with Gasteiger partial charge in [-0.1, -0.05) is 12.2 Å². The Labute approximate surface area is 78.4 Å². The van der Waals surface area contributed by atoms with Crippen LogP contribution in [0.1, 0.15) is 26.7 Å². The molecular weight excluding hydrogens is 168 g/mol. The van der Waals surface area contributed by atoms with E-state index in [9.17, 15) is 9.90 Å². The summed E-state index contributed by atoms with van der Waals surface area (Å²) in [5.41, 5.74) is 1.01. The molecule has 1 N–H and O–H groups in total. The molecule has 1 heterocycles. The Bertz CT molecular complexity index is 200. The lowest BCUT2D eigenvalue weighted by Gasteiger charge is -2.31. The molecule has 1 saturated heterocycles. The summed E-state index contributed by atoms with van der Waals surface area (Å²) in [4.78, 5) is 11.0. The van der Waals surface area contributed by atoms with Gasteiger partial charge in [-0.05, 0) is 26.2 Å². The van der Waals surface area contributed by atoms with Gasteiger partial charge in [-0.3, -0.25) is 4.79 Å². The predicted octanol–water partition coefficient (Wildman–Crippen LogP) is 1.27. The summed E-state index contributed by atoms with van der Waals surface area (Å²) in [6, 6.07) is 0. The normalized spacial score (nSPS) is 34.2. The van der Waals surface area contributed by atoms with Gasteiger partial charge in [0.15, 0.2) is 12.1 Å². The molecule has 0 saturated carbocycles. The molecule has 0 aromatic rings. The molecule has 0 aliphatic carbocycles. The second kappa shape index (κ2) is 4.03. The zero-order valence-corrected chi connectivity index (χ0v) is 8.12. The zero-order chi connectivity index (χ0) is 10.0. The molecule has 74 valence electrons. The van der Waals surface area contributed by atoms with Crippen LogP contribution in [0.2, 0.25) is 0 Å². The molecule has 13 heavy (non-hydrogen) atoms. The number of hydrogen-bond donors (Lipinski definition) is 1. The van der Waals surface area contributed by atoms with Gasteiger partial charge in [0, 0.05) is 6.42 Å². The van der Waals surface area contributed by atoms with Crippen molar-refractivity contribution in [1.29, 1.82) is 0 Å². The van der Waals surface area contributed by atoms with E-state index < -0.39 is 12.4 Å². The predicted molar refractivity (Wildman–Crippen MR) is 49.1 cm³/mol. The van der Waals surface area contributed by atoms with E-state index in [4.69, 9.17) is 4.74 Å². The second-order valence-electron chi connectivity index (χ2n) is 3.70. The number of allylic oxidation sites excluding steroid dienone is 1. The standard InChI is InChI=1S/C10H16O3/c1-6(2)8-4-9(7(3)11)13-10(12)5-8/h8-10,12H,1,4-5H2,2-3H3/t8-,9+,10?/m1/s1. The maximum atomic E-state index is 11.0. The van der Waals surface area contributed by atoms with Gasteiger partial charge in [0.05, 0.1) is 0 Å². The first-order valence-electron chi connectivity index (χ1n) is 4.50. The molecule has 0 spiro atoms. The monoisotopic (exact) mass is 184 g/mol. The summed E-state index contributed by atoms with van der Waals surface area (Å²) in [6.07, 6.45) is -0.0595. The van der Waals surface area contributed by atoms with Gasteiger partial charge in [-0.15, -0.1) is 0 Å². The van der Waals surface area contributed by atoms with Crippen LogP contribution in [-0.2, 0) is 9.53 Å². The average Bonchev–Trinajstić information content (AvgIpc) is 2.03. The number of carbonyl (C=O) groups is 1. The van der Waals surface area contributed by atoms with Crippen molar-refractivity contribution in [2.75, 3.05) is 0 Å². The number of Topliss-reactive ketones (excluding diaryl/α,β-unsaturated/α-hetero) is 1. The zero-order valence-electron chi connectivity index (χ0n) is 8.12. The molecule has 3 heteroatoms. The van der Waals surface area contributed by atoms with Gasteiger partial charge in [-0.2, -0.15) is 0 Å². The van der Waals surface area contributed by atoms with E-state index in [0.29, 0.717) is 12.8 Å². The fourth-order valence-corrected chi connectivity index (χ4v) is 1.56. The van der Waals surface area contributed by atoms with Crippen molar-refractivity contribution in [3.63, 3.8) is 0 Å². The number of ketones is 1. The van der Waals surface area contributed by atoms with E-state index in [2.05, 4.69) is 6.58 Å². The van der Waals surface area contributed by atoms with Crippen molar-refractivity contribution in [3.05, 3.63) is 12.2 Å². The number of carbonyl (C=O) groups excluding carboxylic acids is 1. The van der Waals surface area contributed by atoms with E-state index in [1.54, 1.807) is 0 Å². The number of rotatable bonds is 2. The minimum absolute atomic E-state index is 0.0231. The largest absolute Gasteiger partial charge is 0.368 e. The van der Waals surface area contributed by atoms with Crippen LogP contribution in [0.25, 0.3) is 0 Å². The van der Waals surface area contributed by atoms with E-state index >= 15 is 0 Å². The van der Waals surface area contributed by atoms with Crippen LogP contribution in [0.15, 0.2) is 12.2 Å². The quantitative estimate of drug-likeness (QED) is 0.657. The van der Waals surface area contributed by atoms with Crippen molar-refractivity contribution in [1.82, 2.24) is 0 Å². The lowest BCUT2D eigenvalue weighted by molar-refractivity contribution is -0.180. The summed E-state index contributed by atoms with van der Waals surface area (Å²) in [5.74, 6) is 0.183. The maximum absolute atomic E-state index is 11.0. The summed E-state index contributed by atoms with van der Waals surface area (Å²) in [5, 5.41) is 9.33. The molecule has 0 bridgehead atoms. The third kappa shape index (κ3) is 2.64. The van der Waals surface area contributed by atoms with Crippen molar-refractivity contribution >= 4 is 5.78 Å². The molecule has 0 amide bonds. The van der Waals surface area contributed by atoms with Crippen molar-refractivity contribution < 1.29 is 14.6 Å². The lowest BCUT2D eigenvalue weighted by Crippen LogP contribution is -2.37. The van der Waals surface area contributed by atoms with Gasteiger partial charge in [0.25, 0.3) is 0 Å². The third-order valence-corrected chi connectivity index (χ3v) is 2.46. The van der Waals surface area contributed by atoms with Crippen LogP contribution in [0.4, 0.5) is 0 Å². The van der Waals surface area contributed by atoms with Crippen LogP contribution >= 0.6 is 0 Å². The Morgan fingerprint density at radius 2 is 2.08 bits per heavy atom. The Hall–Kier alpha value is -0.670. The third-order valence-electron chi connectivity index (χ3n) is 2.46. The van der Waals surface area contributed by atoms with E-state index in [-0.39, 0.29) is 11.7 Å². The smallest absolute Gasteiger partial charge is 0.158 e. The highest BCUT2D eigenvalue weighted by Crippen LogP contribution is 2.28. The fraction of sp³-hybridized carbons (Fsp3) is 0.700. The molecule has 3 atom stereocenters. The van der Waals surface area contributed by atoms with Gasteiger partial charge in [0.1, 0.15) is 6.10 Å². The second-order valence-corrected chi connectivity index (χ2v) is 3.70. The highest BCUT2D eigenvalue weighted by atomic mass is 16.6. The van der Waals surface area contributed by atoms with Gasteiger partial charge < -0.3 is 9.84 Å². The van der Waals surface area contributed by atoms with Crippen LogP contribution in [0.5, 0.6) is 0 Å². The molecule has 0 aromatic heterocycles. The minimum atomic E-state index is -0.815. The Kier molecular flexibility index (Phi) is 3.22.